The van der Waals surface area contributed by atoms with Crippen LogP contribution in [0.2, 0.25) is 0 Å². The predicted octanol–water partition coefficient (Wildman–Crippen LogP) is 3.74. The summed E-state index contributed by atoms with van der Waals surface area (Å²) in [5.74, 6) is -9.11. The third kappa shape index (κ3) is 4.64. The summed E-state index contributed by atoms with van der Waals surface area (Å²) >= 11 is 0. The highest BCUT2D eigenvalue weighted by Crippen LogP contribution is 2.43. The van der Waals surface area contributed by atoms with Gasteiger partial charge in [0.15, 0.2) is 0 Å². The van der Waals surface area contributed by atoms with Crippen molar-refractivity contribution < 1.29 is 37.4 Å². The first-order chi connectivity index (χ1) is 16.5. The molecular formula is C25H26F4N2O4. The van der Waals surface area contributed by atoms with E-state index in [9.17, 15) is 28.6 Å². The topological polar surface area (TPSA) is 89.9 Å². The minimum atomic E-state index is -4.27. The third-order valence-corrected chi connectivity index (χ3v) is 7.08. The van der Waals surface area contributed by atoms with Crippen LogP contribution in [0.3, 0.4) is 0 Å². The zero-order chi connectivity index (χ0) is 25.5. The van der Waals surface area contributed by atoms with Gasteiger partial charge < -0.3 is 20.4 Å². The molecule has 188 valence electrons. The number of carbonyl (C=O) groups excluding carboxylic acids is 2. The Morgan fingerprint density at radius 3 is 2.54 bits per heavy atom. The van der Waals surface area contributed by atoms with E-state index in [1.54, 1.807) is 0 Å². The van der Waals surface area contributed by atoms with Gasteiger partial charge in [0.2, 0.25) is 0 Å². The van der Waals surface area contributed by atoms with Gasteiger partial charge in [-0.1, -0.05) is 6.42 Å². The number of carbonyl (C=O) groups is 2. The summed E-state index contributed by atoms with van der Waals surface area (Å²) < 4.78 is 58.7. The summed E-state index contributed by atoms with van der Waals surface area (Å²) in [5.41, 5.74) is -2.50. The quantitative estimate of drug-likeness (QED) is 0.553. The van der Waals surface area contributed by atoms with Crippen molar-refractivity contribution in [3.8, 4) is 0 Å². The van der Waals surface area contributed by atoms with Gasteiger partial charge in [-0.2, -0.15) is 8.78 Å². The Labute approximate surface area is 199 Å². The molecule has 3 aliphatic rings. The van der Waals surface area contributed by atoms with Crippen LogP contribution in [0.5, 0.6) is 0 Å². The molecule has 2 aliphatic heterocycles. The number of piperidine rings is 1. The molecule has 5 rings (SSSR count). The fraction of sp³-hybridized carbons (Fsp3) is 0.440. The van der Waals surface area contributed by atoms with E-state index in [0.29, 0.717) is 31.4 Å². The number of halogens is 4. The Morgan fingerprint density at radius 2 is 1.86 bits per heavy atom. The lowest BCUT2D eigenvalue weighted by Gasteiger charge is -2.46. The monoisotopic (exact) mass is 494 g/mol. The molecule has 3 unspecified atom stereocenters. The van der Waals surface area contributed by atoms with Gasteiger partial charge in [0.25, 0.3) is 11.8 Å². The Balaban J connectivity index is 1.59. The number of amides is 2. The van der Waals surface area contributed by atoms with Crippen molar-refractivity contribution in [3.05, 3.63) is 64.7 Å². The van der Waals surface area contributed by atoms with Crippen molar-refractivity contribution in [3.63, 3.8) is 0 Å². The molecule has 3 atom stereocenters. The molecule has 2 heterocycles. The van der Waals surface area contributed by atoms with E-state index in [1.165, 1.54) is 19.1 Å². The number of fused-ring (bicyclic) bond motifs is 4. The average Bonchev–Trinajstić information content (AvgIpc) is 3.12. The first kappa shape index (κ1) is 25.1. The number of anilines is 1. The number of benzene rings is 2. The van der Waals surface area contributed by atoms with Crippen LogP contribution >= 0.6 is 0 Å². The number of aliphatic hydroxyl groups excluding tert-OH is 1. The lowest BCUT2D eigenvalue weighted by molar-refractivity contribution is -0.174. The van der Waals surface area contributed by atoms with E-state index in [0.717, 1.165) is 17.0 Å². The molecule has 2 aromatic carbocycles. The number of alkyl halides is 2. The smallest absolute Gasteiger partial charge is 0.352 e. The molecule has 1 saturated carbocycles. The van der Waals surface area contributed by atoms with Gasteiger partial charge in [-0.15, -0.1) is 0 Å². The molecule has 2 amide bonds. The van der Waals surface area contributed by atoms with E-state index in [2.05, 4.69) is 5.32 Å². The van der Waals surface area contributed by atoms with Crippen LogP contribution in [0.15, 0.2) is 36.4 Å². The average molecular weight is 494 g/mol. The van der Waals surface area contributed by atoms with Crippen LogP contribution in [0.25, 0.3) is 0 Å². The van der Waals surface area contributed by atoms with Gasteiger partial charge in [-0.05, 0) is 68.1 Å². The number of hydrogen-bond donors (Lipinski definition) is 3. The molecular weight excluding hydrogens is 468 g/mol. The van der Waals surface area contributed by atoms with Crippen LogP contribution in [-0.4, -0.2) is 51.7 Å². The summed E-state index contributed by atoms with van der Waals surface area (Å²) in [5, 5.41) is 22.7. The largest absolute Gasteiger partial charge is 0.393 e. The highest BCUT2D eigenvalue weighted by atomic mass is 19.3. The summed E-state index contributed by atoms with van der Waals surface area (Å²) in [6.45, 7) is 0.776. The van der Waals surface area contributed by atoms with Gasteiger partial charge in [-0.25, -0.2) is 8.78 Å². The summed E-state index contributed by atoms with van der Waals surface area (Å²) in [6.07, 6.45) is 1.40. The van der Waals surface area contributed by atoms with E-state index in [-0.39, 0.29) is 29.8 Å². The molecule has 0 aromatic heterocycles. The minimum Gasteiger partial charge on any atom is -0.393 e. The highest BCUT2D eigenvalue weighted by Gasteiger charge is 2.54. The van der Waals surface area contributed by atoms with E-state index < -0.39 is 59.1 Å². The van der Waals surface area contributed by atoms with Crippen molar-refractivity contribution in [2.24, 2.45) is 5.92 Å². The Hall–Kier alpha value is -2.98. The molecule has 1 aliphatic carbocycles. The second-order valence-corrected chi connectivity index (χ2v) is 9.39. The van der Waals surface area contributed by atoms with Crippen molar-refractivity contribution in [2.75, 3.05) is 18.5 Å². The van der Waals surface area contributed by atoms with Crippen molar-refractivity contribution in [2.45, 2.75) is 50.2 Å². The first-order valence-electron chi connectivity index (χ1n) is 11.4. The maximum absolute atomic E-state index is 15.4. The molecule has 0 spiro atoms. The lowest BCUT2D eigenvalue weighted by atomic mass is 9.79. The number of rotatable bonds is 5. The van der Waals surface area contributed by atoms with E-state index >= 15 is 8.78 Å². The number of aliphatic hydroxyl groups is 2. The Morgan fingerprint density at radius 1 is 1.14 bits per heavy atom. The molecule has 2 saturated heterocycles. The SMILES string of the molecule is Cc1cc(NC(=O)c2ccc(F)c(C(F)(F)C(=O)N3CC4CCCC3CC4(O)CO)c2)ccc1F. The molecule has 0 radical (unpaired) electrons. The van der Waals surface area contributed by atoms with Gasteiger partial charge >= 0.3 is 5.92 Å². The zero-order valence-corrected chi connectivity index (χ0v) is 19.0. The number of nitrogens with one attached hydrogen (secondary N) is 1. The second kappa shape index (κ2) is 9.23. The Kier molecular flexibility index (Phi) is 6.63. The highest BCUT2D eigenvalue weighted by molar-refractivity contribution is 6.04. The molecule has 10 heteroatoms. The fourth-order valence-electron chi connectivity index (χ4n) is 5.03. The van der Waals surface area contributed by atoms with Gasteiger partial charge in [-0.3, -0.25) is 9.59 Å². The zero-order valence-electron chi connectivity index (χ0n) is 19.0. The van der Waals surface area contributed by atoms with Gasteiger partial charge in [0, 0.05) is 29.8 Å². The Bertz CT molecular complexity index is 1160. The van der Waals surface area contributed by atoms with Crippen molar-refractivity contribution in [1.29, 1.82) is 0 Å². The second-order valence-electron chi connectivity index (χ2n) is 9.39. The summed E-state index contributed by atoms with van der Waals surface area (Å²) in [6, 6.07) is 5.42. The van der Waals surface area contributed by atoms with Crippen LogP contribution in [0.4, 0.5) is 23.2 Å². The maximum atomic E-state index is 15.4. The molecule has 3 fully saturated rings. The third-order valence-electron chi connectivity index (χ3n) is 7.08. The predicted molar refractivity (Wildman–Crippen MR) is 119 cm³/mol. The lowest BCUT2D eigenvalue weighted by Crippen LogP contribution is -2.60. The molecule has 3 N–H and O–H groups in total. The summed E-state index contributed by atoms with van der Waals surface area (Å²) in [4.78, 5) is 26.6. The molecule has 2 bridgehead atoms. The van der Waals surface area contributed by atoms with Gasteiger partial charge in [0.05, 0.1) is 17.8 Å². The van der Waals surface area contributed by atoms with Crippen LogP contribution < -0.4 is 5.32 Å². The van der Waals surface area contributed by atoms with E-state index in [1.807, 2.05) is 0 Å². The van der Waals surface area contributed by atoms with Crippen LogP contribution in [0, 0.1) is 24.5 Å². The molecule has 6 nitrogen and oxygen atoms in total. The maximum Gasteiger partial charge on any atom is 0.352 e. The minimum absolute atomic E-state index is 0.0436. The normalized spacial score (nSPS) is 24.3. The number of hydrogen-bond acceptors (Lipinski definition) is 4. The van der Waals surface area contributed by atoms with Gasteiger partial charge in [0.1, 0.15) is 11.6 Å². The standard InChI is InChI=1S/C25H26F4N2O4/c1-14-9-17(6-8-20(14)26)30-22(33)15-5-7-21(27)19(10-15)25(28,29)23(34)31-12-16-3-2-4-18(31)11-24(16,35)13-32/h5-10,16,18,32,35H,2-4,11-13H2,1H3,(H,30,33). The number of aryl methyl sites for hydroxylation is 1. The first-order valence-corrected chi connectivity index (χ1v) is 11.4. The number of nitrogens with zero attached hydrogens (tertiary/aromatic N) is 1. The van der Waals surface area contributed by atoms with Crippen molar-refractivity contribution in [1.82, 2.24) is 4.90 Å². The van der Waals surface area contributed by atoms with Crippen LogP contribution in [-0.2, 0) is 10.7 Å². The van der Waals surface area contributed by atoms with Crippen molar-refractivity contribution >= 4 is 17.5 Å². The fourth-order valence-corrected chi connectivity index (χ4v) is 5.03. The van der Waals surface area contributed by atoms with E-state index in [4.69, 9.17) is 0 Å². The molecule has 35 heavy (non-hydrogen) atoms. The van der Waals surface area contributed by atoms with Crippen LogP contribution in [0.1, 0.15) is 47.2 Å². The summed E-state index contributed by atoms with van der Waals surface area (Å²) in [7, 11) is 0. The molecule has 2 aromatic rings.